The molecule has 1 aromatic carbocycles. The van der Waals surface area contributed by atoms with E-state index in [0.29, 0.717) is 5.75 Å². The molecule has 2 nitrogen and oxygen atoms in total. The van der Waals surface area contributed by atoms with Crippen molar-refractivity contribution in [3.8, 4) is 5.75 Å². The van der Waals surface area contributed by atoms with Crippen molar-refractivity contribution in [3.05, 3.63) is 23.8 Å². The van der Waals surface area contributed by atoms with Crippen molar-refractivity contribution in [1.82, 2.24) is 0 Å². The molecule has 0 aliphatic heterocycles. The molecule has 3 heteroatoms. The number of ether oxygens (including phenoxy) is 1. The van der Waals surface area contributed by atoms with E-state index in [1.165, 1.54) is 11.8 Å². The molecule has 0 bridgehead atoms. The van der Waals surface area contributed by atoms with Crippen molar-refractivity contribution < 1.29 is 9.53 Å². The molecule has 1 aromatic rings. The van der Waals surface area contributed by atoms with Crippen LogP contribution in [0.25, 0.3) is 0 Å². The minimum absolute atomic E-state index is 0.267. The van der Waals surface area contributed by atoms with Crippen molar-refractivity contribution in [3.63, 3.8) is 0 Å². The Labute approximate surface area is 88.7 Å². The molecular weight excluding hydrogens is 196 g/mol. The SMILES string of the molecule is CCc1cc(SC)ccc1OC(C)=O. The van der Waals surface area contributed by atoms with Gasteiger partial charge in [-0.15, -0.1) is 11.8 Å². The van der Waals surface area contributed by atoms with Crippen molar-refractivity contribution in [2.24, 2.45) is 0 Å². The van der Waals surface area contributed by atoms with E-state index < -0.39 is 0 Å². The van der Waals surface area contributed by atoms with Crippen LogP contribution in [0.2, 0.25) is 0 Å². The van der Waals surface area contributed by atoms with Crippen LogP contribution < -0.4 is 4.74 Å². The number of thioether (sulfide) groups is 1. The number of carbonyl (C=O) groups is 1. The van der Waals surface area contributed by atoms with E-state index in [-0.39, 0.29) is 5.97 Å². The maximum Gasteiger partial charge on any atom is 0.308 e. The second-order valence-electron chi connectivity index (χ2n) is 2.92. The third-order valence-electron chi connectivity index (χ3n) is 1.90. The zero-order chi connectivity index (χ0) is 10.6. The van der Waals surface area contributed by atoms with Gasteiger partial charge in [0.1, 0.15) is 5.75 Å². The van der Waals surface area contributed by atoms with Crippen LogP contribution in [0.15, 0.2) is 23.1 Å². The molecule has 0 aliphatic carbocycles. The predicted molar refractivity (Wildman–Crippen MR) is 58.9 cm³/mol. The molecule has 0 N–H and O–H groups in total. The summed E-state index contributed by atoms with van der Waals surface area (Å²) in [4.78, 5) is 12.0. The summed E-state index contributed by atoms with van der Waals surface area (Å²) in [6.07, 6.45) is 2.90. The number of benzene rings is 1. The zero-order valence-electron chi connectivity index (χ0n) is 8.66. The zero-order valence-corrected chi connectivity index (χ0v) is 9.48. The van der Waals surface area contributed by atoms with Crippen LogP contribution in [0.1, 0.15) is 19.4 Å². The maximum atomic E-state index is 10.8. The molecule has 14 heavy (non-hydrogen) atoms. The van der Waals surface area contributed by atoms with Crippen LogP contribution in [0, 0.1) is 0 Å². The molecule has 0 amide bonds. The quantitative estimate of drug-likeness (QED) is 0.436. The normalized spacial score (nSPS) is 9.93. The Morgan fingerprint density at radius 1 is 1.50 bits per heavy atom. The van der Waals surface area contributed by atoms with Crippen molar-refractivity contribution in [2.45, 2.75) is 25.2 Å². The van der Waals surface area contributed by atoms with Crippen LogP contribution in [-0.4, -0.2) is 12.2 Å². The molecule has 1 rings (SSSR count). The molecule has 0 atom stereocenters. The molecule has 0 aliphatic rings. The lowest BCUT2D eigenvalue weighted by molar-refractivity contribution is -0.131. The average molecular weight is 210 g/mol. The third-order valence-corrected chi connectivity index (χ3v) is 2.63. The Morgan fingerprint density at radius 3 is 2.71 bits per heavy atom. The minimum Gasteiger partial charge on any atom is -0.426 e. The number of esters is 1. The fraction of sp³-hybridized carbons (Fsp3) is 0.364. The Hall–Kier alpha value is -0.960. The highest BCUT2D eigenvalue weighted by Crippen LogP contribution is 2.25. The smallest absolute Gasteiger partial charge is 0.308 e. The van der Waals surface area contributed by atoms with E-state index in [4.69, 9.17) is 4.74 Å². The molecule has 0 heterocycles. The number of hydrogen-bond donors (Lipinski definition) is 0. The Morgan fingerprint density at radius 2 is 2.21 bits per heavy atom. The summed E-state index contributed by atoms with van der Waals surface area (Å²) in [6, 6.07) is 5.87. The maximum absolute atomic E-state index is 10.8. The van der Waals surface area contributed by atoms with Gasteiger partial charge in [-0.25, -0.2) is 0 Å². The van der Waals surface area contributed by atoms with Gasteiger partial charge in [0.05, 0.1) is 0 Å². The third kappa shape index (κ3) is 2.77. The second kappa shape index (κ2) is 5.05. The van der Waals surface area contributed by atoms with Crippen LogP contribution in [-0.2, 0) is 11.2 Å². The van der Waals surface area contributed by atoms with Crippen LogP contribution in [0.3, 0.4) is 0 Å². The average Bonchev–Trinajstić information content (AvgIpc) is 2.17. The molecule has 76 valence electrons. The fourth-order valence-electron chi connectivity index (χ4n) is 1.21. The van der Waals surface area contributed by atoms with Gasteiger partial charge in [0.2, 0.25) is 0 Å². The molecular formula is C11H14O2S. The summed E-state index contributed by atoms with van der Waals surface area (Å²) in [7, 11) is 0. The summed E-state index contributed by atoms with van der Waals surface area (Å²) < 4.78 is 5.09. The van der Waals surface area contributed by atoms with Gasteiger partial charge < -0.3 is 4.74 Å². The summed E-state index contributed by atoms with van der Waals surface area (Å²) in [5.74, 6) is 0.411. The van der Waals surface area contributed by atoms with Crippen molar-refractivity contribution >= 4 is 17.7 Å². The molecule has 0 unspecified atom stereocenters. The topological polar surface area (TPSA) is 26.3 Å². The molecule has 0 aromatic heterocycles. The highest BCUT2D eigenvalue weighted by atomic mass is 32.2. The van der Waals surface area contributed by atoms with E-state index in [9.17, 15) is 4.79 Å². The van der Waals surface area contributed by atoms with Crippen molar-refractivity contribution in [1.29, 1.82) is 0 Å². The Balaban J connectivity index is 2.98. The number of hydrogen-bond acceptors (Lipinski definition) is 3. The standard InChI is InChI=1S/C11H14O2S/c1-4-9-7-10(14-3)5-6-11(9)13-8(2)12/h5-7H,4H2,1-3H3. The molecule has 0 spiro atoms. The lowest BCUT2D eigenvalue weighted by Gasteiger charge is -2.08. The molecule has 0 fully saturated rings. The summed E-state index contributed by atoms with van der Waals surface area (Å²) in [6.45, 7) is 3.47. The van der Waals surface area contributed by atoms with E-state index in [1.54, 1.807) is 11.8 Å². The molecule has 0 saturated heterocycles. The molecule has 0 saturated carbocycles. The fourth-order valence-corrected chi connectivity index (χ4v) is 1.68. The van der Waals surface area contributed by atoms with Gasteiger partial charge in [-0.05, 0) is 36.4 Å². The first-order valence-electron chi connectivity index (χ1n) is 4.52. The van der Waals surface area contributed by atoms with Gasteiger partial charge in [0.25, 0.3) is 0 Å². The minimum atomic E-state index is -0.267. The van der Waals surface area contributed by atoms with E-state index in [1.807, 2.05) is 25.3 Å². The van der Waals surface area contributed by atoms with E-state index in [0.717, 1.165) is 12.0 Å². The first-order chi connectivity index (χ1) is 6.67. The van der Waals surface area contributed by atoms with Crippen LogP contribution in [0.4, 0.5) is 0 Å². The first-order valence-corrected chi connectivity index (χ1v) is 5.75. The highest BCUT2D eigenvalue weighted by molar-refractivity contribution is 7.98. The second-order valence-corrected chi connectivity index (χ2v) is 3.80. The number of carbonyl (C=O) groups excluding carboxylic acids is 1. The van der Waals surface area contributed by atoms with Crippen LogP contribution in [0.5, 0.6) is 5.75 Å². The Kier molecular flexibility index (Phi) is 4.01. The summed E-state index contributed by atoms with van der Waals surface area (Å²) >= 11 is 1.69. The van der Waals surface area contributed by atoms with Gasteiger partial charge in [-0.1, -0.05) is 6.92 Å². The summed E-state index contributed by atoms with van der Waals surface area (Å²) in [5, 5.41) is 0. The van der Waals surface area contributed by atoms with Gasteiger partial charge in [-0.2, -0.15) is 0 Å². The number of aryl methyl sites for hydroxylation is 1. The number of rotatable bonds is 3. The van der Waals surface area contributed by atoms with Gasteiger partial charge in [0.15, 0.2) is 0 Å². The Bertz CT molecular complexity index is 334. The predicted octanol–water partition coefficient (Wildman–Crippen LogP) is 2.90. The van der Waals surface area contributed by atoms with E-state index in [2.05, 4.69) is 6.07 Å². The summed E-state index contributed by atoms with van der Waals surface area (Å²) in [5.41, 5.74) is 1.08. The van der Waals surface area contributed by atoms with E-state index >= 15 is 0 Å². The van der Waals surface area contributed by atoms with Crippen LogP contribution >= 0.6 is 11.8 Å². The lowest BCUT2D eigenvalue weighted by Crippen LogP contribution is -2.03. The first kappa shape index (κ1) is 11.1. The monoisotopic (exact) mass is 210 g/mol. The largest absolute Gasteiger partial charge is 0.426 e. The molecule has 0 radical (unpaired) electrons. The van der Waals surface area contributed by atoms with Crippen molar-refractivity contribution in [2.75, 3.05) is 6.26 Å². The van der Waals surface area contributed by atoms with Gasteiger partial charge in [0, 0.05) is 11.8 Å². The van der Waals surface area contributed by atoms with Gasteiger partial charge in [-0.3, -0.25) is 4.79 Å². The lowest BCUT2D eigenvalue weighted by atomic mass is 10.1. The van der Waals surface area contributed by atoms with Gasteiger partial charge >= 0.3 is 5.97 Å². The highest BCUT2D eigenvalue weighted by Gasteiger charge is 2.05.